The lowest BCUT2D eigenvalue weighted by Gasteiger charge is -2.07. The number of nitrogens with zero attached hydrogens (tertiary/aromatic N) is 4. The van der Waals surface area contributed by atoms with Gasteiger partial charge in [-0.2, -0.15) is 0 Å². The van der Waals surface area contributed by atoms with Crippen LogP contribution >= 0.6 is 0 Å². The first kappa shape index (κ1) is 10.6. The second kappa shape index (κ2) is 4.71. The average molecular weight is 197 g/mol. The van der Waals surface area contributed by atoms with Crippen LogP contribution in [0.3, 0.4) is 0 Å². The summed E-state index contributed by atoms with van der Waals surface area (Å²) in [5.41, 5.74) is 0. The molecule has 1 aromatic rings. The van der Waals surface area contributed by atoms with Gasteiger partial charge in [-0.3, -0.25) is 9.48 Å². The number of hydrogen-bond acceptors (Lipinski definition) is 4. The van der Waals surface area contributed by atoms with Crippen LogP contribution in [0, 0.1) is 0 Å². The Hall–Kier alpha value is -1.43. The van der Waals surface area contributed by atoms with Crippen LogP contribution in [-0.2, 0) is 11.8 Å². The van der Waals surface area contributed by atoms with E-state index in [-0.39, 0.29) is 5.91 Å². The molecule has 0 unspecified atom stereocenters. The molecule has 0 saturated heterocycles. The first-order valence-corrected chi connectivity index (χ1v) is 4.39. The molecular formula is C8H15N5O. The van der Waals surface area contributed by atoms with E-state index in [1.54, 1.807) is 17.9 Å². The Labute approximate surface area is 82.9 Å². The van der Waals surface area contributed by atoms with Gasteiger partial charge >= 0.3 is 0 Å². The fraction of sp³-hybridized carbons (Fsp3) is 0.625. The summed E-state index contributed by atoms with van der Waals surface area (Å²) in [6, 6.07) is 0. The molecule has 6 nitrogen and oxygen atoms in total. The topological polar surface area (TPSA) is 63.1 Å². The molecule has 14 heavy (non-hydrogen) atoms. The third-order valence-corrected chi connectivity index (χ3v) is 1.66. The van der Waals surface area contributed by atoms with E-state index in [1.165, 1.54) is 0 Å². The van der Waals surface area contributed by atoms with Gasteiger partial charge in [0.05, 0.1) is 6.20 Å². The summed E-state index contributed by atoms with van der Waals surface area (Å²) < 4.78 is 1.54. The van der Waals surface area contributed by atoms with Crippen LogP contribution in [0.5, 0.6) is 0 Å². The lowest BCUT2D eigenvalue weighted by atomic mass is 10.4. The second-order valence-corrected chi connectivity index (χ2v) is 3.38. The SMILES string of the molecule is CN(C)CCC(=O)Nc1cn(C)nn1. The van der Waals surface area contributed by atoms with E-state index in [9.17, 15) is 4.79 Å². The van der Waals surface area contributed by atoms with Gasteiger partial charge in [0.25, 0.3) is 0 Å². The summed E-state index contributed by atoms with van der Waals surface area (Å²) in [5.74, 6) is 0.454. The molecule has 0 aliphatic rings. The molecular weight excluding hydrogens is 182 g/mol. The maximum atomic E-state index is 11.3. The predicted molar refractivity (Wildman–Crippen MR) is 52.8 cm³/mol. The fourth-order valence-corrected chi connectivity index (χ4v) is 0.935. The molecule has 0 saturated carbocycles. The van der Waals surface area contributed by atoms with E-state index in [1.807, 2.05) is 19.0 Å². The summed E-state index contributed by atoms with van der Waals surface area (Å²) in [5, 5.41) is 10.1. The molecule has 6 heteroatoms. The molecule has 1 N–H and O–H groups in total. The van der Waals surface area contributed by atoms with Gasteiger partial charge in [0.2, 0.25) is 5.91 Å². The highest BCUT2D eigenvalue weighted by Crippen LogP contribution is 1.99. The van der Waals surface area contributed by atoms with Gasteiger partial charge < -0.3 is 10.2 Å². The molecule has 0 aliphatic carbocycles. The number of nitrogens with one attached hydrogen (secondary N) is 1. The second-order valence-electron chi connectivity index (χ2n) is 3.38. The quantitative estimate of drug-likeness (QED) is 0.720. The number of aryl methyl sites for hydroxylation is 1. The highest BCUT2D eigenvalue weighted by atomic mass is 16.1. The number of carbonyl (C=O) groups excluding carboxylic acids is 1. The minimum atomic E-state index is -0.0424. The Morgan fingerprint density at radius 3 is 2.86 bits per heavy atom. The van der Waals surface area contributed by atoms with Gasteiger partial charge in [-0.25, -0.2) is 0 Å². The fourth-order valence-electron chi connectivity index (χ4n) is 0.935. The first-order valence-electron chi connectivity index (χ1n) is 4.39. The molecule has 1 amide bonds. The average Bonchev–Trinajstić information content (AvgIpc) is 2.48. The number of aromatic nitrogens is 3. The third-order valence-electron chi connectivity index (χ3n) is 1.66. The molecule has 0 radical (unpaired) electrons. The van der Waals surface area contributed by atoms with Crippen molar-refractivity contribution in [1.82, 2.24) is 19.9 Å². The Kier molecular flexibility index (Phi) is 3.58. The Morgan fingerprint density at radius 1 is 1.64 bits per heavy atom. The van der Waals surface area contributed by atoms with Crippen LogP contribution < -0.4 is 5.32 Å². The van der Waals surface area contributed by atoms with Crippen molar-refractivity contribution in [1.29, 1.82) is 0 Å². The lowest BCUT2D eigenvalue weighted by molar-refractivity contribution is -0.116. The van der Waals surface area contributed by atoms with Crippen molar-refractivity contribution >= 4 is 11.7 Å². The van der Waals surface area contributed by atoms with Crippen LogP contribution in [0.25, 0.3) is 0 Å². The van der Waals surface area contributed by atoms with Crippen LogP contribution in [0.1, 0.15) is 6.42 Å². The van der Waals surface area contributed by atoms with E-state index >= 15 is 0 Å². The molecule has 0 aromatic carbocycles. The number of anilines is 1. The molecule has 0 bridgehead atoms. The van der Waals surface area contributed by atoms with Crippen molar-refractivity contribution in [2.24, 2.45) is 7.05 Å². The minimum Gasteiger partial charge on any atom is -0.309 e. The number of rotatable bonds is 4. The van der Waals surface area contributed by atoms with Crippen LogP contribution in [-0.4, -0.2) is 46.4 Å². The van der Waals surface area contributed by atoms with Gasteiger partial charge in [-0.05, 0) is 14.1 Å². The van der Waals surface area contributed by atoms with Crippen molar-refractivity contribution in [3.63, 3.8) is 0 Å². The van der Waals surface area contributed by atoms with Crippen molar-refractivity contribution in [2.75, 3.05) is 26.0 Å². The smallest absolute Gasteiger partial charge is 0.226 e. The van der Waals surface area contributed by atoms with E-state index in [0.29, 0.717) is 12.2 Å². The molecule has 1 rings (SSSR count). The number of carbonyl (C=O) groups is 1. The van der Waals surface area contributed by atoms with Gasteiger partial charge in [0.1, 0.15) is 0 Å². The van der Waals surface area contributed by atoms with Gasteiger partial charge in [0, 0.05) is 20.0 Å². The predicted octanol–water partition coefficient (Wildman–Crippen LogP) is -0.295. The minimum absolute atomic E-state index is 0.0424. The van der Waals surface area contributed by atoms with E-state index in [0.717, 1.165) is 6.54 Å². The number of hydrogen-bond donors (Lipinski definition) is 1. The van der Waals surface area contributed by atoms with Gasteiger partial charge in [-0.15, -0.1) is 5.10 Å². The summed E-state index contributed by atoms with van der Waals surface area (Å²) in [4.78, 5) is 13.3. The summed E-state index contributed by atoms with van der Waals surface area (Å²) in [7, 11) is 5.60. The van der Waals surface area contributed by atoms with E-state index < -0.39 is 0 Å². The summed E-state index contributed by atoms with van der Waals surface area (Å²) >= 11 is 0. The van der Waals surface area contributed by atoms with Crippen LogP contribution in [0.2, 0.25) is 0 Å². The Morgan fingerprint density at radius 2 is 2.36 bits per heavy atom. The third kappa shape index (κ3) is 3.53. The summed E-state index contributed by atoms with van der Waals surface area (Å²) in [6.45, 7) is 0.728. The molecule has 0 aliphatic heterocycles. The first-order chi connectivity index (χ1) is 6.58. The van der Waals surface area contributed by atoms with Crippen molar-refractivity contribution in [3.05, 3.63) is 6.20 Å². The zero-order valence-corrected chi connectivity index (χ0v) is 8.69. The van der Waals surface area contributed by atoms with Crippen molar-refractivity contribution in [2.45, 2.75) is 6.42 Å². The maximum Gasteiger partial charge on any atom is 0.226 e. The molecule has 78 valence electrons. The lowest BCUT2D eigenvalue weighted by Crippen LogP contribution is -2.20. The van der Waals surface area contributed by atoms with Crippen molar-refractivity contribution < 1.29 is 4.79 Å². The zero-order valence-electron chi connectivity index (χ0n) is 8.69. The van der Waals surface area contributed by atoms with Gasteiger partial charge in [0.15, 0.2) is 5.82 Å². The standard InChI is InChI=1S/C8H15N5O/c1-12(2)5-4-8(14)9-7-6-13(3)11-10-7/h6H,4-5H2,1-3H3,(H,9,14). The number of amides is 1. The van der Waals surface area contributed by atoms with E-state index in [4.69, 9.17) is 0 Å². The van der Waals surface area contributed by atoms with E-state index in [2.05, 4.69) is 15.6 Å². The zero-order chi connectivity index (χ0) is 10.6. The monoisotopic (exact) mass is 197 g/mol. The maximum absolute atomic E-state index is 11.3. The van der Waals surface area contributed by atoms with Gasteiger partial charge in [-0.1, -0.05) is 5.21 Å². The molecule has 0 atom stereocenters. The molecule has 1 heterocycles. The Bertz CT molecular complexity index is 306. The Balaban J connectivity index is 2.34. The summed E-state index contributed by atoms with van der Waals surface area (Å²) in [6.07, 6.45) is 2.12. The largest absolute Gasteiger partial charge is 0.309 e. The molecule has 0 spiro atoms. The van der Waals surface area contributed by atoms with Crippen molar-refractivity contribution in [3.8, 4) is 0 Å². The molecule has 1 aromatic heterocycles. The molecule has 0 fully saturated rings. The normalized spacial score (nSPS) is 10.6. The van der Waals surface area contributed by atoms with Crippen LogP contribution in [0.4, 0.5) is 5.82 Å². The van der Waals surface area contributed by atoms with Crippen LogP contribution in [0.15, 0.2) is 6.20 Å². The highest BCUT2D eigenvalue weighted by Gasteiger charge is 2.04. The highest BCUT2D eigenvalue weighted by molar-refractivity contribution is 5.89.